The topological polar surface area (TPSA) is 38.9 Å². The van der Waals surface area contributed by atoms with Crippen LogP contribution in [-0.2, 0) is 0 Å². The fraction of sp³-hybridized carbons (Fsp3) is 0.211. The van der Waals surface area contributed by atoms with Crippen LogP contribution in [0.4, 0.5) is 4.39 Å². The van der Waals surface area contributed by atoms with Gasteiger partial charge in [-0.05, 0) is 60.3 Å². The van der Waals surface area contributed by atoms with E-state index in [2.05, 4.69) is 11.9 Å². The van der Waals surface area contributed by atoms with Crippen molar-refractivity contribution in [3.8, 4) is 11.1 Å². The first kappa shape index (κ1) is 14.7. The van der Waals surface area contributed by atoms with Crippen molar-refractivity contribution in [1.82, 2.24) is 4.98 Å². The van der Waals surface area contributed by atoms with E-state index in [9.17, 15) is 4.39 Å². The number of fused-ring (bicyclic) bond motifs is 1. The van der Waals surface area contributed by atoms with Gasteiger partial charge in [0.25, 0.3) is 0 Å². The van der Waals surface area contributed by atoms with E-state index in [0.29, 0.717) is 18.0 Å². The van der Waals surface area contributed by atoms with E-state index in [1.807, 2.05) is 42.5 Å². The molecule has 3 heteroatoms. The molecule has 3 aromatic rings. The Hall–Kier alpha value is -2.26. The minimum atomic E-state index is -0.202. The first-order chi connectivity index (χ1) is 10.7. The zero-order chi connectivity index (χ0) is 15.5. The van der Waals surface area contributed by atoms with Gasteiger partial charge < -0.3 is 5.73 Å². The molecule has 112 valence electrons. The van der Waals surface area contributed by atoms with Crippen molar-refractivity contribution in [1.29, 1.82) is 0 Å². The third kappa shape index (κ3) is 2.85. The Morgan fingerprint density at radius 3 is 2.82 bits per heavy atom. The minimum absolute atomic E-state index is 0.202. The molecule has 0 aliphatic heterocycles. The Morgan fingerprint density at radius 2 is 2.00 bits per heavy atom. The van der Waals surface area contributed by atoms with E-state index in [4.69, 9.17) is 5.73 Å². The number of nitrogens with zero attached hydrogens (tertiary/aromatic N) is 1. The molecular weight excluding hydrogens is 275 g/mol. The summed E-state index contributed by atoms with van der Waals surface area (Å²) in [5, 5.41) is 1.01. The Bertz CT molecular complexity index is 798. The van der Waals surface area contributed by atoms with Crippen molar-refractivity contribution in [2.75, 3.05) is 6.54 Å². The predicted molar refractivity (Wildman–Crippen MR) is 89.2 cm³/mol. The second kappa shape index (κ2) is 6.24. The van der Waals surface area contributed by atoms with Gasteiger partial charge in [0.1, 0.15) is 5.82 Å². The molecule has 0 saturated carbocycles. The molecule has 0 spiro atoms. The number of rotatable bonds is 4. The fourth-order valence-electron chi connectivity index (χ4n) is 2.73. The Labute approximate surface area is 129 Å². The summed E-state index contributed by atoms with van der Waals surface area (Å²) in [5.41, 5.74) is 9.17. The Balaban J connectivity index is 2.06. The molecule has 0 bridgehead atoms. The first-order valence-corrected chi connectivity index (χ1v) is 7.53. The molecule has 1 heterocycles. The molecule has 1 unspecified atom stereocenters. The number of nitrogens with two attached hydrogens (primary N) is 1. The number of hydrogen-bond donors (Lipinski definition) is 1. The fourth-order valence-corrected chi connectivity index (χ4v) is 2.73. The van der Waals surface area contributed by atoms with E-state index < -0.39 is 0 Å². The second-order valence-corrected chi connectivity index (χ2v) is 5.63. The third-order valence-corrected chi connectivity index (χ3v) is 4.07. The standard InChI is InChI=1S/C19H19FN2/c1-13(8-9-21)14-4-6-18(20)17(12-14)15-5-7-19-16(11-15)3-2-10-22-19/h2-7,10-13H,8-9,21H2,1H3. The van der Waals surface area contributed by atoms with Crippen LogP contribution in [0.2, 0.25) is 0 Å². The normalized spacial score (nSPS) is 12.5. The van der Waals surface area contributed by atoms with Crippen molar-refractivity contribution in [2.24, 2.45) is 5.73 Å². The lowest BCUT2D eigenvalue weighted by Crippen LogP contribution is -2.04. The lowest BCUT2D eigenvalue weighted by atomic mass is 9.93. The summed E-state index contributed by atoms with van der Waals surface area (Å²) in [7, 11) is 0. The van der Waals surface area contributed by atoms with Gasteiger partial charge in [-0.25, -0.2) is 4.39 Å². The lowest BCUT2D eigenvalue weighted by Gasteiger charge is -2.13. The quantitative estimate of drug-likeness (QED) is 0.769. The molecule has 2 nitrogen and oxygen atoms in total. The molecule has 1 aromatic heterocycles. The molecule has 2 aromatic carbocycles. The highest BCUT2D eigenvalue weighted by molar-refractivity contribution is 5.84. The van der Waals surface area contributed by atoms with Crippen molar-refractivity contribution < 1.29 is 4.39 Å². The highest BCUT2D eigenvalue weighted by Gasteiger charge is 2.11. The molecule has 3 rings (SSSR count). The maximum atomic E-state index is 14.3. The second-order valence-electron chi connectivity index (χ2n) is 5.63. The molecule has 0 saturated heterocycles. The van der Waals surface area contributed by atoms with Crippen LogP contribution in [0.3, 0.4) is 0 Å². The van der Waals surface area contributed by atoms with Crippen LogP contribution >= 0.6 is 0 Å². The minimum Gasteiger partial charge on any atom is -0.330 e. The number of benzene rings is 2. The average Bonchev–Trinajstić information content (AvgIpc) is 2.55. The molecule has 0 aliphatic carbocycles. The lowest BCUT2D eigenvalue weighted by molar-refractivity contribution is 0.627. The number of pyridine rings is 1. The van der Waals surface area contributed by atoms with Crippen molar-refractivity contribution in [3.05, 3.63) is 66.1 Å². The van der Waals surface area contributed by atoms with E-state index in [0.717, 1.165) is 28.5 Å². The van der Waals surface area contributed by atoms with Gasteiger partial charge in [0.2, 0.25) is 0 Å². The van der Waals surface area contributed by atoms with E-state index in [1.54, 1.807) is 12.3 Å². The number of halogens is 1. The summed E-state index contributed by atoms with van der Waals surface area (Å²) in [6.45, 7) is 2.75. The van der Waals surface area contributed by atoms with Gasteiger partial charge in [-0.2, -0.15) is 0 Å². The van der Waals surface area contributed by atoms with Gasteiger partial charge in [0, 0.05) is 17.1 Å². The largest absolute Gasteiger partial charge is 0.330 e. The smallest absolute Gasteiger partial charge is 0.131 e. The zero-order valence-corrected chi connectivity index (χ0v) is 12.6. The zero-order valence-electron chi connectivity index (χ0n) is 12.6. The van der Waals surface area contributed by atoms with Gasteiger partial charge in [0.05, 0.1) is 5.52 Å². The maximum absolute atomic E-state index is 14.3. The average molecular weight is 294 g/mol. The summed E-state index contributed by atoms with van der Waals surface area (Å²) in [6, 6.07) is 15.1. The number of aromatic nitrogens is 1. The molecule has 0 aliphatic rings. The van der Waals surface area contributed by atoms with Crippen molar-refractivity contribution in [3.63, 3.8) is 0 Å². The highest BCUT2D eigenvalue weighted by Crippen LogP contribution is 2.29. The van der Waals surface area contributed by atoms with Crippen LogP contribution in [0.5, 0.6) is 0 Å². The van der Waals surface area contributed by atoms with E-state index in [1.165, 1.54) is 0 Å². The van der Waals surface area contributed by atoms with Crippen LogP contribution in [0, 0.1) is 5.82 Å². The van der Waals surface area contributed by atoms with Crippen LogP contribution in [-0.4, -0.2) is 11.5 Å². The summed E-state index contributed by atoms with van der Waals surface area (Å²) in [5.74, 6) is 0.124. The molecule has 0 amide bonds. The van der Waals surface area contributed by atoms with Gasteiger partial charge in [-0.3, -0.25) is 4.98 Å². The van der Waals surface area contributed by atoms with Crippen LogP contribution in [0.25, 0.3) is 22.0 Å². The Kier molecular flexibility index (Phi) is 4.16. The molecule has 2 N–H and O–H groups in total. The molecule has 0 fully saturated rings. The van der Waals surface area contributed by atoms with Crippen LogP contribution in [0.15, 0.2) is 54.7 Å². The monoisotopic (exact) mass is 294 g/mol. The summed E-state index contributed by atoms with van der Waals surface area (Å²) < 4.78 is 14.3. The van der Waals surface area contributed by atoms with Gasteiger partial charge in [-0.1, -0.05) is 25.1 Å². The van der Waals surface area contributed by atoms with Crippen LogP contribution in [0.1, 0.15) is 24.8 Å². The predicted octanol–water partition coefficient (Wildman–Crippen LogP) is 4.49. The molecule has 1 atom stereocenters. The molecular formula is C19H19FN2. The van der Waals surface area contributed by atoms with Gasteiger partial charge >= 0.3 is 0 Å². The van der Waals surface area contributed by atoms with Gasteiger partial charge in [-0.15, -0.1) is 0 Å². The third-order valence-electron chi connectivity index (χ3n) is 4.07. The van der Waals surface area contributed by atoms with Gasteiger partial charge in [0.15, 0.2) is 0 Å². The Morgan fingerprint density at radius 1 is 1.14 bits per heavy atom. The van der Waals surface area contributed by atoms with Crippen molar-refractivity contribution >= 4 is 10.9 Å². The highest BCUT2D eigenvalue weighted by atomic mass is 19.1. The maximum Gasteiger partial charge on any atom is 0.131 e. The van der Waals surface area contributed by atoms with Crippen molar-refractivity contribution in [2.45, 2.75) is 19.3 Å². The summed E-state index contributed by atoms with van der Waals surface area (Å²) >= 11 is 0. The van der Waals surface area contributed by atoms with E-state index in [-0.39, 0.29) is 5.82 Å². The summed E-state index contributed by atoms with van der Waals surface area (Å²) in [4.78, 5) is 4.30. The molecule has 0 radical (unpaired) electrons. The van der Waals surface area contributed by atoms with E-state index >= 15 is 0 Å². The number of hydrogen-bond acceptors (Lipinski definition) is 2. The molecule has 22 heavy (non-hydrogen) atoms. The SMILES string of the molecule is CC(CCN)c1ccc(F)c(-c2ccc3ncccc3c2)c1. The summed E-state index contributed by atoms with van der Waals surface area (Å²) in [6.07, 6.45) is 2.66. The first-order valence-electron chi connectivity index (χ1n) is 7.53. The van der Waals surface area contributed by atoms with Crippen LogP contribution < -0.4 is 5.73 Å².